The Bertz CT molecular complexity index is 1300. The number of phenolic OH excluding ortho intramolecular Hbond substituents is 1. The first-order valence-electron chi connectivity index (χ1n) is 13.0. The third-order valence-electron chi connectivity index (χ3n) is 8.71. The molecule has 0 saturated carbocycles. The van der Waals surface area contributed by atoms with Gasteiger partial charge in [-0.15, -0.1) is 0 Å². The largest absolute Gasteiger partial charge is 0.504 e. The van der Waals surface area contributed by atoms with E-state index in [4.69, 9.17) is 15.2 Å². The zero-order chi connectivity index (χ0) is 27.6. The second kappa shape index (κ2) is 9.52. The first-order valence-corrected chi connectivity index (χ1v) is 13.0. The van der Waals surface area contributed by atoms with Gasteiger partial charge in [-0.05, 0) is 51.8 Å². The van der Waals surface area contributed by atoms with E-state index in [0.29, 0.717) is 36.3 Å². The van der Waals surface area contributed by atoms with Gasteiger partial charge in [-0.2, -0.15) is 0 Å². The molecule has 1 aromatic rings. The number of hydrogen-bond acceptors (Lipinski definition) is 9. The second-order valence-corrected chi connectivity index (χ2v) is 10.8. The molecule has 5 unspecified atom stereocenters. The molecule has 1 saturated heterocycles. The normalized spacial score (nSPS) is 28.0. The Morgan fingerprint density at radius 1 is 1.21 bits per heavy atom. The summed E-state index contributed by atoms with van der Waals surface area (Å²) >= 11 is 0. The molecule has 3 heterocycles. The van der Waals surface area contributed by atoms with Crippen LogP contribution in [0.4, 0.5) is 0 Å². The number of benzene rings is 1. The lowest BCUT2D eigenvalue weighted by molar-refractivity contribution is -0.124. The Labute approximate surface area is 222 Å². The van der Waals surface area contributed by atoms with Crippen LogP contribution in [0.2, 0.25) is 0 Å². The summed E-state index contributed by atoms with van der Waals surface area (Å²) in [6.45, 7) is 5.89. The molecule has 0 aromatic heterocycles. The SMILES string of the molecule is COC1=C(C)C(=O)C2=C(C1=O)C(CNC(=O)C(C)N)N1CC3Cc4cc(C)c(OC)c(O)c4C(C1C2)N3C. The molecule has 4 N–H and O–H groups in total. The minimum atomic E-state index is -0.713. The van der Waals surface area contributed by atoms with E-state index in [-0.39, 0.29) is 59.2 Å². The van der Waals surface area contributed by atoms with Crippen molar-refractivity contribution >= 4 is 17.5 Å². The first-order chi connectivity index (χ1) is 18.0. The van der Waals surface area contributed by atoms with Crippen molar-refractivity contribution in [3.8, 4) is 11.5 Å². The molecule has 3 aliphatic heterocycles. The van der Waals surface area contributed by atoms with Gasteiger partial charge in [0.25, 0.3) is 0 Å². The van der Waals surface area contributed by atoms with Crippen molar-refractivity contribution < 1.29 is 29.0 Å². The number of amides is 1. The van der Waals surface area contributed by atoms with Crippen LogP contribution in [-0.2, 0) is 25.5 Å². The van der Waals surface area contributed by atoms with Crippen molar-refractivity contribution in [1.29, 1.82) is 0 Å². The number of aromatic hydroxyl groups is 1. The van der Waals surface area contributed by atoms with Crippen LogP contribution in [0, 0.1) is 6.92 Å². The molecule has 5 atom stereocenters. The standard InChI is InChI=1S/C28H36N4O6/c1-12-7-15-8-16-11-32-18(22(31(16)4)20(15)24(34)26(12)37-5)9-17-21(19(32)10-30-28(36)14(3)29)25(35)27(38-6)13(2)23(17)33/h7,14,16,18-19,22,34H,8-11,29H2,1-6H3,(H,30,36). The summed E-state index contributed by atoms with van der Waals surface area (Å²) in [5.74, 6) is -0.260. The highest BCUT2D eigenvalue weighted by Crippen LogP contribution is 2.52. The van der Waals surface area contributed by atoms with Gasteiger partial charge in [-0.25, -0.2) is 0 Å². The third-order valence-corrected chi connectivity index (χ3v) is 8.71. The van der Waals surface area contributed by atoms with Crippen molar-refractivity contribution in [2.75, 3.05) is 34.4 Å². The number of nitrogens with two attached hydrogens (primary N) is 1. The molecule has 2 bridgehead atoms. The smallest absolute Gasteiger partial charge is 0.236 e. The number of carbonyl (C=O) groups is 3. The third kappa shape index (κ3) is 3.77. The van der Waals surface area contributed by atoms with Crippen molar-refractivity contribution in [3.05, 3.63) is 45.2 Å². The van der Waals surface area contributed by atoms with Gasteiger partial charge in [0.2, 0.25) is 11.7 Å². The van der Waals surface area contributed by atoms with Crippen LogP contribution in [-0.4, -0.2) is 90.9 Å². The number of ketones is 2. The molecule has 1 aliphatic carbocycles. The van der Waals surface area contributed by atoms with Crippen molar-refractivity contribution in [1.82, 2.24) is 15.1 Å². The zero-order valence-electron chi connectivity index (χ0n) is 22.8. The Kier molecular flexibility index (Phi) is 6.61. The van der Waals surface area contributed by atoms with Crippen LogP contribution in [0.15, 0.2) is 28.5 Å². The molecular formula is C28H36N4O6. The summed E-state index contributed by atoms with van der Waals surface area (Å²) in [5.41, 5.74) is 9.65. The van der Waals surface area contributed by atoms with E-state index in [1.807, 2.05) is 14.0 Å². The number of nitrogens with zero attached hydrogens (tertiary/aromatic N) is 2. The summed E-state index contributed by atoms with van der Waals surface area (Å²) in [6.07, 6.45) is 1.05. The summed E-state index contributed by atoms with van der Waals surface area (Å²) in [5, 5.41) is 14.3. The number of methoxy groups -OCH3 is 2. The fraction of sp³-hybridized carbons (Fsp3) is 0.536. The number of carbonyl (C=O) groups excluding carboxylic acids is 3. The van der Waals surface area contributed by atoms with Crippen molar-refractivity contribution in [3.63, 3.8) is 0 Å². The molecular weight excluding hydrogens is 488 g/mol. The number of ether oxygens (including phenoxy) is 2. The highest BCUT2D eigenvalue weighted by Gasteiger charge is 2.54. The molecule has 5 rings (SSSR count). The molecule has 38 heavy (non-hydrogen) atoms. The van der Waals surface area contributed by atoms with Gasteiger partial charge in [0.1, 0.15) is 0 Å². The number of aryl methyl sites for hydroxylation is 1. The molecule has 0 spiro atoms. The van der Waals surface area contributed by atoms with Crippen LogP contribution < -0.4 is 15.8 Å². The van der Waals surface area contributed by atoms with Gasteiger partial charge >= 0.3 is 0 Å². The Morgan fingerprint density at radius 2 is 1.92 bits per heavy atom. The van der Waals surface area contributed by atoms with E-state index in [0.717, 1.165) is 16.7 Å². The zero-order valence-corrected chi connectivity index (χ0v) is 22.8. The summed E-state index contributed by atoms with van der Waals surface area (Å²) < 4.78 is 10.9. The minimum absolute atomic E-state index is 0.0493. The van der Waals surface area contributed by atoms with Crippen LogP contribution in [0.5, 0.6) is 11.5 Å². The van der Waals surface area contributed by atoms with E-state index >= 15 is 0 Å². The lowest BCUT2D eigenvalue weighted by atomic mass is 9.71. The topological polar surface area (TPSA) is 134 Å². The minimum Gasteiger partial charge on any atom is -0.504 e. The Balaban J connectivity index is 1.65. The van der Waals surface area contributed by atoms with Gasteiger partial charge < -0.3 is 25.6 Å². The summed E-state index contributed by atoms with van der Waals surface area (Å²) in [6, 6.07) is 0.461. The number of likely N-dealkylation sites (N-methyl/N-ethyl adjacent to an activating group) is 1. The number of phenols is 1. The number of allylic oxidation sites excluding steroid dienone is 2. The molecule has 1 amide bonds. The van der Waals surface area contributed by atoms with Gasteiger partial charge in [-0.3, -0.25) is 24.2 Å². The Hall–Kier alpha value is -3.21. The molecule has 0 radical (unpaired) electrons. The number of nitrogens with one attached hydrogen (secondary N) is 1. The molecule has 1 aromatic carbocycles. The maximum absolute atomic E-state index is 13.7. The maximum Gasteiger partial charge on any atom is 0.236 e. The van der Waals surface area contributed by atoms with Crippen LogP contribution in [0.3, 0.4) is 0 Å². The maximum atomic E-state index is 13.7. The van der Waals surface area contributed by atoms with E-state index in [1.165, 1.54) is 7.11 Å². The highest BCUT2D eigenvalue weighted by molar-refractivity contribution is 6.25. The predicted octanol–water partition coefficient (Wildman–Crippen LogP) is 0.896. The van der Waals surface area contributed by atoms with Gasteiger partial charge in [0, 0.05) is 47.5 Å². The molecule has 1 fully saturated rings. The molecule has 204 valence electrons. The van der Waals surface area contributed by atoms with Crippen molar-refractivity contribution in [2.45, 2.75) is 63.8 Å². The number of hydrogen-bond donors (Lipinski definition) is 3. The number of fused-ring (bicyclic) bond motifs is 6. The fourth-order valence-electron chi connectivity index (χ4n) is 6.89. The van der Waals surface area contributed by atoms with Gasteiger partial charge in [0.05, 0.1) is 32.3 Å². The van der Waals surface area contributed by atoms with Crippen LogP contribution in [0.1, 0.15) is 43.0 Å². The van der Waals surface area contributed by atoms with E-state index < -0.39 is 12.1 Å². The van der Waals surface area contributed by atoms with E-state index in [1.54, 1.807) is 21.0 Å². The van der Waals surface area contributed by atoms with Crippen molar-refractivity contribution in [2.24, 2.45) is 5.73 Å². The molecule has 4 aliphatic rings. The molecule has 10 nitrogen and oxygen atoms in total. The molecule has 10 heteroatoms. The number of piperazine rings is 1. The quantitative estimate of drug-likeness (QED) is 0.480. The summed E-state index contributed by atoms with van der Waals surface area (Å²) in [4.78, 5) is 44.2. The van der Waals surface area contributed by atoms with Gasteiger partial charge in [0.15, 0.2) is 23.0 Å². The van der Waals surface area contributed by atoms with E-state index in [2.05, 4.69) is 21.2 Å². The van der Waals surface area contributed by atoms with Crippen LogP contribution >= 0.6 is 0 Å². The average Bonchev–Trinajstić information content (AvgIpc) is 2.86. The number of Topliss-reactive ketones (excluding diaryl/α,β-unsaturated/α-hetero) is 2. The van der Waals surface area contributed by atoms with Gasteiger partial charge in [-0.1, -0.05) is 6.07 Å². The first kappa shape index (κ1) is 26.4. The van der Waals surface area contributed by atoms with Crippen LogP contribution in [0.25, 0.3) is 0 Å². The second-order valence-electron chi connectivity index (χ2n) is 10.8. The predicted molar refractivity (Wildman–Crippen MR) is 140 cm³/mol. The lowest BCUT2D eigenvalue weighted by Gasteiger charge is -2.58. The number of rotatable bonds is 5. The lowest BCUT2D eigenvalue weighted by Crippen LogP contribution is -2.67. The summed E-state index contributed by atoms with van der Waals surface area (Å²) in [7, 11) is 4.98. The Morgan fingerprint density at radius 3 is 2.55 bits per heavy atom. The average molecular weight is 525 g/mol. The highest BCUT2D eigenvalue weighted by atomic mass is 16.5. The van der Waals surface area contributed by atoms with E-state index in [9.17, 15) is 19.5 Å². The fourth-order valence-corrected chi connectivity index (χ4v) is 6.89. The monoisotopic (exact) mass is 524 g/mol.